The zero-order chi connectivity index (χ0) is 38.4. The molecule has 274 valence electrons. The minimum absolute atomic E-state index is 0.0105. The van der Waals surface area contributed by atoms with E-state index < -0.39 is 0 Å². The van der Waals surface area contributed by atoms with Crippen LogP contribution in [-0.4, -0.2) is 44.4 Å². The van der Waals surface area contributed by atoms with Crippen LogP contribution in [0, 0.1) is 0 Å². The summed E-state index contributed by atoms with van der Waals surface area (Å²) in [6, 6.07) is 15.9. The van der Waals surface area contributed by atoms with Crippen LogP contribution in [0.3, 0.4) is 0 Å². The Balaban J connectivity index is 0.000000284. The Morgan fingerprint density at radius 2 is 1.02 bits per heavy atom. The van der Waals surface area contributed by atoms with Gasteiger partial charge in [-0.3, -0.25) is 0 Å². The molecule has 0 unspecified atom stereocenters. The van der Waals surface area contributed by atoms with Crippen LogP contribution in [-0.2, 0) is 12.8 Å². The summed E-state index contributed by atoms with van der Waals surface area (Å²) in [4.78, 5) is 0. The fourth-order valence-electron chi connectivity index (χ4n) is 4.91. The highest BCUT2D eigenvalue weighted by atomic mass is 16.5. The van der Waals surface area contributed by atoms with Gasteiger partial charge in [-0.05, 0) is 119 Å². The number of allylic oxidation sites excluding steroid dienone is 5. The second-order valence-corrected chi connectivity index (χ2v) is 13.0. The maximum atomic E-state index is 10.2. The number of benzene rings is 4. The highest BCUT2D eigenvalue weighted by molar-refractivity contribution is 5.75. The molecule has 0 saturated carbocycles. The summed E-state index contributed by atoms with van der Waals surface area (Å²) in [5, 5.41) is 58.8. The van der Waals surface area contributed by atoms with E-state index in [0.29, 0.717) is 30.9 Å². The molecule has 0 aliphatic rings. The van der Waals surface area contributed by atoms with Crippen molar-refractivity contribution in [2.75, 3.05) is 13.7 Å². The molecule has 8 nitrogen and oxygen atoms in total. The van der Waals surface area contributed by atoms with Gasteiger partial charge in [-0.1, -0.05) is 65.3 Å². The predicted octanol–water partition coefficient (Wildman–Crippen LogP) is 10.3. The van der Waals surface area contributed by atoms with Gasteiger partial charge in [0.15, 0.2) is 23.0 Å². The van der Waals surface area contributed by atoms with Crippen molar-refractivity contribution in [3.8, 4) is 46.0 Å². The normalized spacial score (nSPS) is 10.8. The minimum atomic E-state index is -0.173. The summed E-state index contributed by atoms with van der Waals surface area (Å²) >= 11 is 0. The van der Waals surface area contributed by atoms with Gasteiger partial charge in [-0.15, -0.1) is 0 Å². The lowest BCUT2D eigenvalue weighted by molar-refractivity contribution is 0.355. The second kappa shape index (κ2) is 19.4. The standard InChI is InChI=1S/C24H28O4.C20H22O4/c1-16(2)5-9-21-19(8-6-18-7-10-22(26)23(27)13-18)14-20(25)15-24(21)28-12-11-17(3)4;1-13(2)4-8-17-15(11-16(21)12-19(17)23)7-5-14-6-9-18(22)20(10-14)24-3/h5-8,10-11,13-15,25-27H,9,12H2,1-4H3;4-7,9-12,21-23H,8H2,1-3H3/b8-6+;7-5+. The maximum absolute atomic E-state index is 10.2. The third-order valence-corrected chi connectivity index (χ3v) is 7.75. The van der Waals surface area contributed by atoms with Crippen molar-refractivity contribution in [1.29, 1.82) is 0 Å². The highest BCUT2D eigenvalue weighted by Gasteiger charge is 2.11. The molecule has 4 aromatic rings. The lowest BCUT2D eigenvalue weighted by atomic mass is 10.00. The van der Waals surface area contributed by atoms with E-state index in [1.165, 1.54) is 36.5 Å². The van der Waals surface area contributed by atoms with Crippen LogP contribution < -0.4 is 9.47 Å². The highest BCUT2D eigenvalue weighted by Crippen LogP contribution is 2.33. The van der Waals surface area contributed by atoms with Crippen LogP contribution in [0.15, 0.2) is 95.6 Å². The zero-order valence-electron chi connectivity index (χ0n) is 30.9. The predicted molar refractivity (Wildman–Crippen MR) is 211 cm³/mol. The number of aromatic hydroxyl groups is 6. The van der Waals surface area contributed by atoms with Gasteiger partial charge in [-0.25, -0.2) is 0 Å². The summed E-state index contributed by atoms with van der Waals surface area (Å²) in [5.41, 5.74) is 8.37. The Morgan fingerprint density at radius 3 is 1.58 bits per heavy atom. The number of methoxy groups -OCH3 is 1. The topological polar surface area (TPSA) is 140 Å². The van der Waals surface area contributed by atoms with Gasteiger partial charge in [0.05, 0.1) is 7.11 Å². The summed E-state index contributed by atoms with van der Waals surface area (Å²) in [7, 11) is 1.49. The first-order chi connectivity index (χ1) is 24.7. The van der Waals surface area contributed by atoms with E-state index in [0.717, 1.165) is 39.0 Å². The molecule has 8 heteroatoms. The quantitative estimate of drug-likeness (QED) is 0.0486. The fourth-order valence-corrected chi connectivity index (χ4v) is 4.91. The first-order valence-corrected chi connectivity index (χ1v) is 16.9. The lowest BCUT2D eigenvalue weighted by Crippen LogP contribution is -2.00. The molecule has 0 spiro atoms. The van der Waals surface area contributed by atoms with Gasteiger partial charge >= 0.3 is 0 Å². The average molecular weight is 707 g/mol. The molecular weight excluding hydrogens is 656 g/mol. The summed E-state index contributed by atoms with van der Waals surface area (Å²) in [6.07, 6.45) is 14.7. The van der Waals surface area contributed by atoms with Crippen molar-refractivity contribution in [2.24, 2.45) is 0 Å². The number of hydrogen-bond donors (Lipinski definition) is 6. The number of rotatable bonds is 12. The van der Waals surface area contributed by atoms with E-state index in [1.54, 1.807) is 42.5 Å². The molecule has 52 heavy (non-hydrogen) atoms. The first kappa shape index (κ1) is 40.4. The molecule has 0 aromatic heterocycles. The molecule has 0 amide bonds. The van der Waals surface area contributed by atoms with Crippen LogP contribution in [0.4, 0.5) is 0 Å². The third-order valence-electron chi connectivity index (χ3n) is 7.75. The van der Waals surface area contributed by atoms with E-state index in [9.17, 15) is 30.6 Å². The minimum Gasteiger partial charge on any atom is -0.508 e. The Morgan fingerprint density at radius 1 is 0.500 bits per heavy atom. The van der Waals surface area contributed by atoms with Crippen molar-refractivity contribution in [3.05, 3.63) is 129 Å². The van der Waals surface area contributed by atoms with Crippen LogP contribution in [0.25, 0.3) is 24.3 Å². The molecule has 0 atom stereocenters. The monoisotopic (exact) mass is 706 g/mol. The van der Waals surface area contributed by atoms with Gasteiger partial charge in [0.25, 0.3) is 0 Å². The lowest BCUT2D eigenvalue weighted by Gasteiger charge is -2.14. The van der Waals surface area contributed by atoms with E-state index in [2.05, 4.69) is 6.08 Å². The van der Waals surface area contributed by atoms with Crippen molar-refractivity contribution in [1.82, 2.24) is 0 Å². The average Bonchev–Trinajstić information content (AvgIpc) is 3.07. The fraction of sp³-hybridized carbons (Fsp3) is 0.227. The van der Waals surface area contributed by atoms with E-state index in [-0.39, 0.29) is 34.5 Å². The summed E-state index contributed by atoms with van der Waals surface area (Å²) in [5.74, 6) is 0.980. The molecule has 0 fully saturated rings. The first-order valence-electron chi connectivity index (χ1n) is 16.9. The Hall–Kier alpha value is -6.02. The van der Waals surface area contributed by atoms with Crippen LogP contribution in [0.5, 0.6) is 46.0 Å². The van der Waals surface area contributed by atoms with Crippen LogP contribution >= 0.6 is 0 Å². The molecule has 0 radical (unpaired) electrons. The molecule has 0 bridgehead atoms. The second-order valence-electron chi connectivity index (χ2n) is 13.0. The van der Waals surface area contributed by atoms with Gasteiger partial charge in [0.1, 0.15) is 29.6 Å². The summed E-state index contributed by atoms with van der Waals surface area (Å²) in [6.45, 7) is 12.5. The molecule has 0 aliphatic carbocycles. The van der Waals surface area contributed by atoms with Crippen LogP contribution in [0.2, 0.25) is 0 Å². The Bertz CT molecular complexity index is 1980. The van der Waals surface area contributed by atoms with E-state index in [1.807, 2.05) is 78.0 Å². The smallest absolute Gasteiger partial charge is 0.161 e. The molecular formula is C44H50O8. The van der Waals surface area contributed by atoms with Crippen LogP contribution in [0.1, 0.15) is 74.9 Å². The van der Waals surface area contributed by atoms with E-state index >= 15 is 0 Å². The molecule has 0 saturated heterocycles. The maximum Gasteiger partial charge on any atom is 0.161 e. The van der Waals surface area contributed by atoms with Gasteiger partial charge in [0, 0.05) is 23.3 Å². The molecule has 4 rings (SSSR count). The molecule has 4 aromatic carbocycles. The van der Waals surface area contributed by atoms with Crippen molar-refractivity contribution in [2.45, 2.75) is 54.4 Å². The SMILES string of the molecule is CC(C)=CCOc1cc(O)cc(/C=C/c2ccc(O)c(O)c2)c1CC=C(C)C.COc1cc(/C=C/c2cc(O)cc(O)c2CC=C(C)C)ccc1O. The van der Waals surface area contributed by atoms with Crippen molar-refractivity contribution in [3.63, 3.8) is 0 Å². The Labute approximate surface area is 306 Å². The molecule has 6 N–H and O–H groups in total. The summed E-state index contributed by atoms with van der Waals surface area (Å²) < 4.78 is 11.0. The largest absolute Gasteiger partial charge is 0.508 e. The van der Waals surface area contributed by atoms with Gasteiger partial charge in [-0.2, -0.15) is 0 Å². The van der Waals surface area contributed by atoms with Gasteiger partial charge in [0.2, 0.25) is 0 Å². The number of phenols is 6. The molecule has 0 aliphatic heterocycles. The zero-order valence-corrected chi connectivity index (χ0v) is 30.9. The number of ether oxygens (including phenoxy) is 2. The number of hydrogen-bond acceptors (Lipinski definition) is 8. The van der Waals surface area contributed by atoms with Crippen molar-refractivity contribution >= 4 is 24.3 Å². The van der Waals surface area contributed by atoms with E-state index in [4.69, 9.17) is 9.47 Å². The van der Waals surface area contributed by atoms with Crippen molar-refractivity contribution < 1.29 is 40.1 Å². The Kier molecular flexibility index (Phi) is 15.1. The molecule has 0 heterocycles. The third kappa shape index (κ3) is 12.7. The van der Waals surface area contributed by atoms with Gasteiger partial charge < -0.3 is 40.1 Å². The number of phenolic OH excluding ortho intramolecular Hbond substituents is 6.